The molecule has 0 aliphatic carbocycles. The van der Waals surface area contributed by atoms with Crippen molar-refractivity contribution in [1.82, 2.24) is 5.32 Å². The molecule has 0 radical (unpaired) electrons. The summed E-state index contributed by atoms with van der Waals surface area (Å²) in [5.41, 5.74) is 0.139. The van der Waals surface area contributed by atoms with Crippen molar-refractivity contribution in [3.05, 3.63) is 94.5 Å². The van der Waals surface area contributed by atoms with Crippen LogP contribution >= 0.6 is 0 Å². The fourth-order valence-electron chi connectivity index (χ4n) is 4.77. The van der Waals surface area contributed by atoms with Gasteiger partial charge in [0.05, 0.1) is 24.7 Å². The van der Waals surface area contributed by atoms with Crippen molar-refractivity contribution in [3.8, 4) is 5.75 Å². The van der Waals surface area contributed by atoms with E-state index >= 15 is 0 Å². The molecule has 0 fully saturated rings. The quantitative estimate of drug-likeness (QED) is 0.167. The van der Waals surface area contributed by atoms with E-state index in [0.29, 0.717) is 5.56 Å². The summed E-state index contributed by atoms with van der Waals surface area (Å²) in [6.07, 6.45) is 0. The van der Waals surface area contributed by atoms with Crippen LogP contribution in [0.25, 0.3) is 0 Å². The van der Waals surface area contributed by atoms with Crippen molar-refractivity contribution in [2.75, 3.05) is 20.3 Å². The van der Waals surface area contributed by atoms with Crippen LogP contribution in [0.3, 0.4) is 0 Å². The van der Waals surface area contributed by atoms with Gasteiger partial charge in [-0.25, -0.2) is 0 Å². The van der Waals surface area contributed by atoms with E-state index in [2.05, 4.69) is 26.1 Å². The highest BCUT2D eigenvalue weighted by atomic mass is 28.4. The summed E-state index contributed by atoms with van der Waals surface area (Å²) in [4.78, 5) is 35.3. The zero-order valence-electron chi connectivity index (χ0n) is 22.8. The van der Waals surface area contributed by atoms with Gasteiger partial charge in [0.2, 0.25) is 5.75 Å². The van der Waals surface area contributed by atoms with E-state index in [1.165, 1.54) is 26.2 Å². The number of rotatable bonds is 11. The summed E-state index contributed by atoms with van der Waals surface area (Å²) in [6, 6.07) is 23.6. The van der Waals surface area contributed by atoms with Gasteiger partial charge in [-0.1, -0.05) is 93.6 Å². The van der Waals surface area contributed by atoms with Crippen LogP contribution in [0, 0.1) is 10.1 Å². The Bertz CT molecular complexity index is 1250. The highest BCUT2D eigenvalue weighted by molar-refractivity contribution is 6.99. The standard InChI is InChI=1S/C29H34N2O7Si/c1-21(32)37-20-27(33)30-25(24-17-12-18-26(31(34)35)28(24)36-5)19-38-39(29(2,3)4,22-13-8-6-9-14-22)23-15-10-7-11-16-23/h6-18,25H,19-20H2,1-5H3,(H,30,33)/t25-/m0/s1. The Morgan fingerprint density at radius 1 is 0.949 bits per heavy atom. The fourth-order valence-corrected chi connectivity index (χ4v) is 9.34. The minimum atomic E-state index is -3.01. The van der Waals surface area contributed by atoms with Gasteiger partial charge >= 0.3 is 11.7 Å². The van der Waals surface area contributed by atoms with E-state index < -0.39 is 37.8 Å². The van der Waals surface area contributed by atoms with Gasteiger partial charge in [0.15, 0.2) is 6.61 Å². The molecular weight excluding hydrogens is 516 g/mol. The van der Waals surface area contributed by atoms with Gasteiger partial charge in [0.25, 0.3) is 14.2 Å². The van der Waals surface area contributed by atoms with E-state index in [9.17, 15) is 19.7 Å². The van der Waals surface area contributed by atoms with Gasteiger partial charge < -0.3 is 19.2 Å². The lowest BCUT2D eigenvalue weighted by atomic mass is 10.0. The Balaban J connectivity index is 2.13. The van der Waals surface area contributed by atoms with Crippen LogP contribution < -0.4 is 20.4 Å². The van der Waals surface area contributed by atoms with Crippen LogP contribution in [0.5, 0.6) is 5.75 Å². The van der Waals surface area contributed by atoms with Crippen molar-refractivity contribution in [2.45, 2.75) is 38.8 Å². The molecule has 0 bridgehead atoms. The molecule has 3 aromatic rings. The van der Waals surface area contributed by atoms with Gasteiger partial charge in [-0.2, -0.15) is 0 Å². The van der Waals surface area contributed by atoms with Gasteiger partial charge in [0, 0.05) is 18.6 Å². The molecule has 39 heavy (non-hydrogen) atoms. The first-order valence-electron chi connectivity index (χ1n) is 12.5. The first-order chi connectivity index (χ1) is 18.5. The minimum absolute atomic E-state index is 0.0172. The number of amides is 1. The Morgan fingerprint density at radius 2 is 1.51 bits per heavy atom. The van der Waals surface area contributed by atoms with E-state index in [1.54, 1.807) is 6.07 Å². The highest BCUT2D eigenvalue weighted by Gasteiger charge is 2.50. The molecule has 1 N–H and O–H groups in total. The summed E-state index contributed by atoms with van der Waals surface area (Å²) in [7, 11) is -1.67. The van der Waals surface area contributed by atoms with Crippen LogP contribution in [0.1, 0.15) is 39.3 Å². The van der Waals surface area contributed by atoms with Gasteiger partial charge in [-0.05, 0) is 15.4 Å². The van der Waals surface area contributed by atoms with Crippen LogP contribution in [0.15, 0.2) is 78.9 Å². The molecule has 0 aromatic heterocycles. The van der Waals surface area contributed by atoms with E-state index in [4.69, 9.17) is 13.9 Å². The Labute approximate surface area is 229 Å². The zero-order chi connectivity index (χ0) is 28.6. The largest absolute Gasteiger partial charge is 0.490 e. The van der Waals surface area contributed by atoms with Crippen LogP contribution in [-0.4, -0.2) is 45.4 Å². The molecule has 0 aliphatic heterocycles. The van der Waals surface area contributed by atoms with E-state index in [1.807, 2.05) is 60.7 Å². The number of benzene rings is 3. The highest BCUT2D eigenvalue weighted by Crippen LogP contribution is 2.39. The van der Waals surface area contributed by atoms with E-state index in [0.717, 1.165) is 10.4 Å². The average molecular weight is 551 g/mol. The molecule has 3 aromatic carbocycles. The number of hydrogen-bond donors (Lipinski definition) is 1. The maximum Gasteiger partial charge on any atom is 0.311 e. The average Bonchev–Trinajstić information content (AvgIpc) is 2.91. The normalized spacial score (nSPS) is 12.3. The molecule has 0 saturated carbocycles. The Morgan fingerprint density at radius 3 is 1.97 bits per heavy atom. The summed E-state index contributed by atoms with van der Waals surface area (Å²) >= 11 is 0. The number of carbonyl (C=O) groups excluding carboxylic acids is 2. The number of nitro groups is 1. The van der Waals surface area contributed by atoms with E-state index in [-0.39, 0.29) is 23.1 Å². The smallest absolute Gasteiger partial charge is 0.311 e. The number of nitrogens with one attached hydrogen (secondary N) is 1. The van der Waals surface area contributed by atoms with Crippen molar-refractivity contribution >= 4 is 36.3 Å². The van der Waals surface area contributed by atoms with Crippen molar-refractivity contribution < 1.29 is 28.4 Å². The lowest BCUT2D eigenvalue weighted by Gasteiger charge is -2.43. The molecule has 3 rings (SSSR count). The molecule has 0 unspecified atom stereocenters. The number of ether oxygens (including phenoxy) is 2. The number of carbonyl (C=O) groups is 2. The van der Waals surface area contributed by atoms with Crippen molar-refractivity contribution in [3.63, 3.8) is 0 Å². The maximum absolute atomic E-state index is 12.8. The number of esters is 1. The topological polar surface area (TPSA) is 117 Å². The van der Waals surface area contributed by atoms with Gasteiger partial charge in [-0.3, -0.25) is 19.7 Å². The van der Waals surface area contributed by atoms with Gasteiger partial charge in [0.1, 0.15) is 0 Å². The van der Waals surface area contributed by atoms with Gasteiger partial charge in [-0.15, -0.1) is 0 Å². The van der Waals surface area contributed by atoms with Crippen LogP contribution in [0.4, 0.5) is 5.69 Å². The maximum atomic E-state index is 12.8. The molecule has 0 heterocycles. The second-order valence-electron chi connectivity index (χ2n) is 10.0. The third-order valence-corrected chi connectivity index (χ3v) is 11.4. The molecule has 10 heteroatoms. The molecular formula is C29H34N2O7Si. The number of para-hydroxylation sites is 1. The first-order valence-corrected chi connectivity index (χ1v) is 14.4. The second kappa shape index (κ2) is 12.7. The van der Waals surface area contributed by atoms with Crippen LogP contribution in [-0.2, 0) is 18.8 Å². The summed E-state index contributed by atoms with van der Waals surface area (Å²) < 4.78 is 17.3. The SMILES string of the molecule is COc1c([C@H](CO[Si](c2ccccc2)(c2ccccc2)C(C)(C)C)NC(=O)COC(C)=O)cccc1[N+](=O)[O-]. The van der Waals surface area contributed by atoms with Crippen molar-refractivity contribution in [1.29, 1.82) is 0 Å². The third-order valence-electron chi connectivity index (χ3n) is 6.43. The fraction of sp³-hybridized carbons (Fsp3) is 0.310. The predicted molar refractivity (Wildman–Crippen MR) is 151 cm³/mol. The molecule has 9 nitrogen and oxygen atoms in total. The second-order valence-corrected chi connectivity index (χ2v) is 14.3. The lowest BCUT2D eigenvalue weighted by molar-refractivity contribution is -0.385. The molecule has 0 aliphatic rings. The molecule has 206 valence electrons. The summed E-state index contributed by atoms with van der Waals surface area (Å²) in [5, 5.41) is 16.3. The minimum Gasteiger partial charge on any atom is -0.490 e. The number of hydrogen-bond acceptors (Lipinski definition) is 7. The van der Waals surface area contributed by atoms with Crippen LogP contribution in [0.2, 0.25) is 5.04 Å². The number of methoxy groups -OCH3 is 1. The summed E-state index contributed by atoms with van der Waals surface area (Å²) in [5.74, 6) is -1.15. The Kier molecular flexibility index (Phi) is 9.60. The predicted octanol–water partition coefficient (Wildman–Crippen LogP) is 3.90. The molecule has 1 atom stereocenters. The molecule has 1 amide bonds. The number of nitrogens with zero attached hydrogens (tertiary/aromatic N) is 1. The lowest BCUT2D eigenvalue weighted by Crippen LogP contribution is -2.67. The molecule has 0 saturated heterocycles. The summed E-state index contributed by atoms with van der Waals surface area (Å²) in [6.45, 7) is 7.07. The Hall–Kier alpha value is -4.02. The van der Waals surface area contributed by atoms with Crippen molar-refractivity contribution in [2.24, 2.45) is 0 Å². The first kappa shape index (κ1) is 29.5. The third kappa shape index (κ3) is 6.71. The monoisotopic (exact) mass is 550 g/mol. The zero-order valence-corrected chi connectivity index (χ0v) is 23.8. The molecule has 0 spiro atoms. The number of nitro benzene ring substituents is 1.